The molecule has 9 aromatic rings. The van der Waals surface area contributed by atoms with Gasteiger partial charge in [-0.3, -0.25) is 0 Å². The van der Waals surface area contributed by atoms with Gasteiger partial charge >= 0.3 is 0 Å². The summed E-state index contributed by atoms with van der Waals surface area (Å²) in [7, 11) is 0. The standard InChI is InChI=1S/C50H37N3/c1-2-6-16-36(15-5-1)51-46-24-14-12-21-41(46)43-31-34(25-29-48(43)51)35-26-30-49-44(32-35)40-19-9-4-10-22-47(40)53(49)38-27-28-42-39-20-11-13-23-45(39)52(50(42)33-38)37-17-7-3-8-18-37/h1-3,5,7-15,17-33,36H,4,6,16H2. The van der Waals surface area contributed by atoms with Crippen molar-refractivity contribution >= 4 is 66.7 Å². The van der Waals surface area contributed by atoms with Crippen molar-refractivity contribution in [2.24, 2.45) is 0 Å². The van der Waals surface area contributed by atoms with Gasteiger partial charge < -0.3 is 13.7 Å². The van der Waals surface area contributed by atoms with Gasteiger partial charge in [-0.25, -0.2) is 0 Å². The van der Waals surface area contributed by atoms with Gasteiger partial charge in [0.05, 0.1) is 28.3 Å². The number of fused-ring (bicyclic) bond motifs is 9. The summed E-state index contributed by atoms with van der Waals surface area (Å²) in [6.45, 7) is 0. The number of hydrogen-bond acceptors (Lipinski definition) is 0. The smallest absolute Gasteiger partial charge is 0.0561 e. The summed E-state index contributed by atoms with van der Waals surface area (Å²) in [5.41, 5.74) is 13.5. The van der Waals surface area contributed by atoms with Crippen molar-refractivity contribution < 1.29 is 0 Å². The zero-order chi connectivity index (χ0) is 34.9. The van der Waals surface area contributed by atoms with Gasteiger partial charge in [-0.2, -0.15) is 0 Å². The van der Waals surface area contributed by atoms with Gasteiger partial charge in [-0.05, 0) is 97.1 Å². The minimum atomic E-state index is 0.331. The van der Waals surface area contributed by atoms with Gasteiger partial charge in [0.2, 0.25) is 0 Å². The first-order chi connectivity index (χ1) is 26.3. The molecule has 6 aromatic carbocycles. The van der Waals surface area contributed by atoms with Crippen LogP contribution in [0.4, 0.5) is 0 Å². The van der Waals surface area contributed by atoms with E-state index < -0.39 is 0 Å². The zero-order valence-electron chi connectivity index (χ0n) is 29.4. The van der Waals surface area contributed by atoms with Gasteiger partial charge in [0.25, 0.3) is 0 Å². The molecule has 0 saturated carbocycles. The second-order valence-electron chi connectivity index (χ2n) is 14.4. The van der Waals surface area contributed by atoms with E-state index in [1.807, 2.05) is 0 Å². The SMILES string of the molecule is C1=CCCC(n2c3ccccc3c3cc(-c4ccc5c(c4)c4c(n5-c5ccc6c7ccccc7n(-c7ccccc7)c6c5)C=CCC=C4)ccc32)C=C1. The summed E-state index contributed by atoms with van der Waals surface area (Å²) in [6.07, 6.45) is 21.3. The van der Waals surface area contributed by atoms with Gasteiger partial charge in [0, 0.05) is 54.9 Å². The Morgan fingerprint density at radius 3 is 2.00 bits per heavy atom. The van der Waals surface area contributed by atoms with Crippen LogP contribution in [0.25, 0.3) is 89.2 Å². The van der Waals surface area contributed by atoms with Crippen LogP contribution in [0.15, 0.2) is 170 Å². The Balaban J connectivity index is 1.10. The maximum atomic E-state index is 2.55. The lowest BCUT2D eigenvalue weighted by atomic mass is 10.00. The van der Waals surface area contributed by atoms with E-state index >= 15 is 0 Å². The Hall–Kier alpha value is -6.58. The summed E-state index contributed by atoms with van der Waals surface area (Å²) >= 11 is 0. The molecule has 0 radical (unpaired) electrons. The predicted octanol–water partition coefficient (Wildman–Crippen LogP) is 13.4. The van der Waals surface area contributed by atoms with E-state index in [1.165, 1.54) is 82.6 Å². The molecule has 252 valence electrons. The normalized spacial score (nSPS) is 15.6. The van der Waals surface area contributed by atoms with Crippen LogP contribution in [-0.4, -0.2) is 13.7 Å². The zero-order valence-corrected chi connectivity index (χ0v) is 29.4. The van der Waals surface area contributed by atoms with Crippen LogP contribution < -0.4 is 0 Å². The summed E-state index contributed by atoms with van der Waals surface area (Å²) in [5.74, 6) is 0. The fourth-order valence-corrected chi connectivity index (χ4v) is 9.02. The van der Waals surface area contributed by atoms with Crippen LogP contribution >= 0.6 is 0 Å². The van der Waals surface area contributed by atoms with Crippen molar-refractivity contribution in [1.29, 1.82) is 0 Å². The van der Waals surface area contributed by atoms with Crippen molar-refractivity contribution in [3.63, 3.8) is 0 Å². The van der Waals surface area contributed by atoms with Crippen LogP contribution in [0.1, 0.15) is 36.6 Å². The van der Waals surface area contributed by atoms with E-state index in [0.717, 1.165) is 24.9 Å². The molecule has 0 amide bonds. The molecule has 0 bridgehead atoms. The van der Waals surface area contributed by atoms with Gasteiger partial charge in [-0.15, -0.1) is 0 Å². The van der Waals surface area contributed by atoms with Crippen molar-refractivity contribution in [3.05, 3.63) is 181 Å². The number of hydrogen-bond donors (Lipinski definition) is 0. The van der Waals surface area contributed by atoms with E-state index in [9.17, 15) is 0 Å². The molecule has 0 aliphatic heterocycles. The Morgan fingerprint density at radius 2 is 1.13 bits per heavy atom. The van der Waals surface area contributed by atoms with Gasteiger partial charge in [0.15, 0.2) is 0 Å². The minimum absolute atomic E-state index is 0.331. The number of allylic oxidation sites excluding steroid dienone is 6. The molecule has 0 saturated heterocycles. The third kappa shape index (κ3) is 4.67. The molecular formula is C50H37N3. The van der Waals surface area contributed by atoms with Crippen LogP contribution in [0.5, 0.6) is 0 Å². The third-order valence-corrected chi connectivity index (χ3v) is 11.4. The lowest BCUT2D eigenvalue weighted by Crippen LogP contribution is -2.05. The summed E-state index contributed by atoms with van der Waals surface area (Å²) in [5, 5.41) is 6.42. The highest BCUT2D eigenvalue weighted by molar-refractivity contribution is 6.11. The highest BCUT2D eigenvalue weighted by atomic mass is 15.0. The quantitative estimate of drug-likeness (QED) is 0.176. The molecule has 3 aromatic heterocycles. The third-order valence-electron chi connectivity index (χ3n) is 11.4. The second kappa shape index (κ2) is 12.0. The maximum absolute atomic E-state index is 2.55. The number of rotatable bonds is 4. The van der Waals surface area contributed by atoms with Gasteiger partial charge in [-0.1, -0.05) is 115 Å². The van der Waals surface area contributed by atoms with Crippen molar-refractivity contribution in [2.45, 2.75) is 25.3 Å². The number of nitrogens with zero attached hydrogens (tertiary/aromatic N) is 3. The average molecular weight is 680 g/mol. The van der Waals surface area contributed by atoms with Crippen molar-refractivity contribution in [1.82, 2.24) is 13.7 Å². The van der Waals surface area contributed by atoms with E-state index in [0.29, 0.717) is 6.04 Å². The molecule has 2 aliphatic rings. The maximum Gasteiger partial charge on any atom is 0.0561 e. The lowest BCUT2D eigenvalue weighted by molar-refractivity contribution is 0.598. The average Bonchev–Trinajstić information content (AvgIpc) is 3.60. The summed E-state index contributed by atoms with van der Waals surface area (Å²) in [6, 6.07) is 49.8. The van der Waals surface area contributed by atoms with Gasteiger partial charge in [0.1, 0.15) is 0 Å². The molecule has 1 atom stereocenters. The van der Waals surface area contributed by atoms with Crippen molar-refractivity contribution in [2.75, 3.05) is 0 Å². The molecule has 0 N–H and O–H groups in total. The molecule has 2 aliphatic carbocycles. The Morgan fingerprint density at radius 1 is 0.453 bits per heavy atom. The van der Waals surface area contributed by atoms with Crippen LogP contribution in [0.3, 0.4) is 0 Å². The minimum Gasteiger partial charge on any atom is -0.333 e. The topological polar surface area (TPSA) is 14.8 Å². The largest absolute Gasteiger partial charge is 0.333 e. The molecule has 3 heterocycles. The highest BCUT2D eigenvalue weighted by Crippen LogP contribution is 2.41. The number of para-hydroxylation sites is 3. The highest BCUT2D eigenvalue weighted by Gasteiger charge is 2.21. The Labute approximate surface area is 308 Å². The molecule has 0 fully saturated rings. The van der Waals surface area contributed by atoms with Crippen LogP contribution in [0, 0.1) is 0 Å². The van der Waals surface area contributed by atoms with E-state index in [1.54, 1.807) is 0 Å². The lowest BCUT2D eigenvalue weighted by Gasteiger charge is -2.17. The molecule has 11 rings (SSSR count). The Kier molecular flexibility index (Phi) is 6.81. The monoisotopic (exact) mass is 679 g/mol. The molecule has 1 unspecified atom stereocenters. The number of benzene rings is 6. The van der Waals surface area contributed by atoms with E-state index in [2.05, 4.69) is 196 Å². The first-order valence-electron chi connectivity index (χ1n) is 18.8. The molecule has 53 heavy (non-hydrogen) atoms. The molecular weight excluding hydrogens is 643 g/mol. The van der Waals surface area contributed by atoms with Crippen LogP contribution in [0.2, 0.25) is 0 Å². The second-order valence-corrected chi connectivity index (χ2v) is 14.4. The van der Waals surface area contributed by atoms with Crippen molar-refractivity contribution in [3.8, 4) is 22.5 Å². The molecule has 0 spiro atoms. The number of aromatic nitrogens is 3. The molecule has 3 heteroatoms. The van der Waals surface area contributed by atoms with E-state index in [4.69, 9.17) is 0 Å². The Bertz CT molecular complexity index is 3030. The first kappa shape index (κ1) is 30.1. The van der Waals surface area contributed by atoms with E-state index in [-0.39, 0.29) is 0 Å². The first-order valence-corrected chi connectivity index (χ1v) is 18.8. The fourth-order valence-electron chi connectivity index (χ4n) is 9.02. The molecule has 3 nitrogen and oxygen atoms in total. The fraction of sp³-hybridized carbons (Fsp3) is 0.0800. The summed E-state index contributed by atoms with van der Waals surface area (Å²) < 4.78 is 7.41. The van der Waals surface area contributed by atoms with Crippen LogP contribution in [-0.2, 0) is 0 Å². The predicted molar refractivity (Wildman–Crippen MR) is 225 cm³/mol. The summed E-state index contributed by atoms with van der Waals surface area (Å²) in [4.78, 5) is 0.